The molecule has 0 bridgehead atoms. The summed E-state index contributed by atoms with van der Waals surface area (Å²) in [4.78, 5) is 16.0. The highest BCUT2D eigenvalue weighted by atomic mass is 35.5. The molecule has 0 amide bonds. The Balaban J connectivity index is 1.86. The van der Waals surface area contributed by atoms with E-state index in [4.69, 9.17) is 16.0 Å². The van der Waals surface area contributed by atoms with Crippen molar-refractivity contribution in [2.24, 2.45) is 0 Å². The quantitative estimate of drug-likeness (QED) is 0.595. The minimum Gasteiger partial charge on any atom is -0.465 e. The highest BCUT2D eigenvalue weighted by Crippen LogP contribution is 2.25. The molecule has 3 aromatic rings. The number of carbonyl (C=O) groups excluding carboxylic acids is 1. The number of halogens is 1. The maximum Gasteiger partial charge on any atom is 0.337 e. The van der Waals surface area contributed by atoms with Crippen LogP contribution in [-0.4, -0.2) is 26.5 Å². The first-order chi connectivity index (χ1) is 12.8. The van der Waals surface area contributed by atoms with E-state index in [1.807, 2.05) is 0 Å². The van der Waals surface area contributed by atoms with Gasteiger partial charge in [-0.05, 0) is 55.5 Å². The molecule has 1 aromatic heterocycles. The van der Waals surface area contributed by atoms with Crippen LogP contribution in [0.1, 0.15) is 21.8 Å². The average molecular weight is 406 g/mol. The summed E-state index contributed by atoms with van der Waals surface area (Å²) in [6.07, 6.45) is 0. The van der Waals surface area contributed by atoms with Crippen molar-refractivity contribution in [2.75, 3.05) is 7.11 Å². The minimum atomic E-state index is -3.59. The van der Waals surface area contributed by atoms with E-state index in [9.17, 15) is 13.2 Å². The Morgan fingerprint density at radius 1 is 1.11 bits per heavy atom. The highest BCUT2D eigenvalue weighted by Gasteiger charge is 2.21. The lowest BCUT2D eigenvalue weighted by Crippen LogP contribution is -2.06. The molecule has 0 aliphatic heterocycles. The Labute approximate surface area is 161 Å². The van der Waals surface area contributed by atoms with Crippen LogP contribution < -0.4 is 0 Å². The van der Waals surface area contributed by atoms with Crippen molar-refractivity contribution in [2.45, 2.75) is 17.6 Å². The Morgan fingerprint density at radius 2 is 1.74 bits per heavy atom. The van der Waals surface area contributed by atoms with E-state index in [0.717, 1.165) is 0 Å². The van der Waals surface area contributed by atoms with Gasteiger partial charge in [-0.3, -0.25) is 0 Å². The van der Waals surface area contributed by atoms with Crippen molar-refractivity contribution < 1.29 is 22.4 Å². The van der Waals surface area contributed by atoms with Crippen LogP contribution in [0.2, 0.25) is 5.02 Å². The predicted molar refractivity (Wildman–Crippen MR) is 100 cm³/mol. The number of aryl methyl sites for hydroxylation is 1. The van der Waals surface area contributed by atoms with Crippen LogP contribution in [0.5, 0.6) is 0 Å². The molecular weight excluding hydrogens is 390 g/mol. The van der Waals surface area contributed by atoms with Crippen molar-refractivity contribution >= 4 is 27.4 Å². The summed E-state index contributed by atoms with van der Waals surface area (Å²) in [5.41, 5.74) is 1.35. The topological polar surface area (TPSA) is 86.5 Å². The second kappa shape index (κ2) is 7.54. The number of aromatic nitrogens is 1. The Morgan fingerprint density at radius 3 is 2.33 bits per heavy atom. The number of ether oxygens (including phenoxy) is 1. The summed E-state index contributed by atoms with van der Waals surface area (Å²) >= 11 is 5.81. The number of carbonyl (C=O) groups is 1. The largest absolute Gasteiger partial charge is 0.465 e. The van der Waals surface area contributed by atoms with Crippen molar-refractivity contribution in [3.05, 3.63) is 70.6 Å². The molecule has 0 atom stereocenters. The van der Waals surface area contributed by atoms with Gasteiger partial charge in [-0.15, -0.1) is 0 Å². The molecular formula is C19H16ClNO5S. The molecule has 27 heavy (non-hydrogen) atoms. The SMILES string of the molecule is COC(=O)c1ccc(-c2nc(CS(=O)(=O)c3ccc(Cl)cc3)c(C)o2)cc1. The molecule has 0 N–H and O–H groups in total. The van der Waals surface area contributed by atoms with Crippen LogP contribution in [0.4, 0.5) is 0 Å². The van der Waals surface area contributed by atoms with E-state index in [2.05, 4.69) is 9.72 Å². The standard InChI is InChI=1S/C19H16ClNO5S/c1-12-17(11-27(23,24)16-9-7-15(20)8-10-16)21-18(26-12)13-3-5-14(6-4-13)19(22)25-2/h3-10H,11H2,1-2H3. The third-order valence-electron chi connectivity index (χ3n) is 3.95. The molecule has 0 aliphatic rings. The van der Waals surface area contributed by atoms with E-state index >= 15 is 0 Å². The van der Waals surface area contributed by atoms with Crippen LogP contribution in [0.3, 0.4) is 0 Å². The molecule has 0 unspecified atom stereocenters. The monoisotopic (exact) mass is 405 g/mol. The normalized spacial score (nSPS) is 11.4. The smallest absolute Gasteiger partial charge is 0.337 e. The van der Waals surface area contributed by atoms with Gasteiger partial charge in [0, 0.05) is 10.6 Å². The third kappa shape index (κ3) is 4.20. The van der Waals surface area contributed by atoms with Crippen molar-refractivity contribution in [3.63, 3.8) is 0 Å². The molecule has 8 heteroatoms. The van der Waals surface area contributed by atoms with Crippen molar-refractivity contribution in [1.82, 2.24) is 4.98 Å². The molecule has 0 saturated carbocycles. The number of nitrogens with zero attached hydrogens (tertiary/aromatic N) is 1. The molecule has 3 rings (SSSR count). The molecule has 6 nitrogen and oxygen atoms in total. The van der Waals surface area contributed by atoms with Gasteiger partial charge in [-0.2, -0.15) is 0 Å². The van der Waals surface area contributed by atoms with Gasteiger partial charge in [0.25, 0.3) is 0 Å². The second-order valence-corrected chi connectivity index (χ2v) is 8.23. The zero-order chi connectivity index (χ0) is 19.6. The summed E-state index contributed by atoms with van der Waals surface area (Å²) in [6, 6.07) is 12.5. The first-order valence-electron chi connectivity index (χ1n) is 7.93. The number of sulfone groups is 1. The van der Waals surface area contributed by atoms with Gasteiger partial charge in [0.05, 0.1) is 23.3 Å². The maximum atomic E-state index is 12.6. The number of hydrogen-bond acceptors (Lipinski definition) is 6. The summed E-state index contributed by atoms with van der Waals surface area (Å²) < 4.78 is 35.4. The fraction of sp³-hybridized carbons (Fsp3) is 0.158. The number of methoxy groups -OCH3 is 1. The maximum absolute atomic E-state index is 12.6. The number of benzene rings is 2. The Hall–Kier alpha value is -2.64. The van der Waals surface area contributed by atoms with Crippen LogP contribution in [-0.2, 0) is 20.3 Å². The summed E-state index contributed by atoms with van der Waals surface area (Å²) in [5.74, 6) is -0.0332. The predicted octanol–water partition coefficient (Wildman–Crippen LogP) is 4.06. The van der Waals surface area contributed by atoms with Gasteiger partial charge >= 0.3 is 5.97 Å². The lowest BCUT2D eigenvalue weighted by molar-refractivity contribution is 0.0600. The molecule has 2 aromatic carbocycles. The first-order valence-corrected chi connectivity index (χ1v) is 9.96. The van der Waals surface area contributed by atoms with Crippen molar-refractivity contribution in [1.29, 1.82) is 0 Å². The van der Waals surface area contributed by atoms with Crippen LogP contribution >= 0.6 is 11.6 Å². The minimum absolute atomic E-state index is 0.165. The van der Waals surface area contributed by atoms with Crippen molar-refractivity contribution in [3.8, 4) is 11.5 Å². The molecule has 140 valence electrons. The molecule has 0 spiro atoms. The van der Waals surface area contributed by atoms with E-state index in [-0.39, 0.29) is 16.5 Å². The van der Waals surface area contributed by atoms with Gasteiger partial charge in [0.1, 0.15) is 11.5 Å². The first kappa shape index (κ1) is 19.1. The zero-order valence-electron chi connectivity index (χ0n) is 14.6. The van der Waals surface area contributed by atoms with Gasteiger partial charge in [0.2, 0.25) is 5.89 Å². The second-order valence-electron chi connectivity index (χ2n) is 5.80. The Bertz CT molecular complexity index is 1070. The third-order valence-corrected chi connectivity index (χ3v) is 5.84. The van der Waals surface area contributed by atoms with Gasteiger partial charge in [-0.25, -0.2) is 18.2 Å². The van der Waals surface area contributed by atoms with Gasteiger partial charge < -0.3 is 9.15 Å². The fourth-order valence-electron chi connectivity index (χ4n) is 2.46. The molecule has 0 aliphatic carbocycles. The number of oxazole rings is 1. The van der Waals surface area contributed by atoms with Crippen LogP contribution in [0.25, 0.3) is 11.5 Å². The molecule has 0 saturated heterocycles. The summed E-state index contributed by atoms with van der Waals surface area (Å²) in [7, 11) is -2.28. The van der Waals surface area contributed by atoms with Crippen LogP contribution in [0, 0.1) is 6.92 Å². The molecule has 0 fully saturated rings. The Kier molecular flexibility index (Phi) is 5.34. The van der Waals surface area contributed by atoms with Gasteiger partial charge in [0.15, 0.2) is 9.84 Å². The van der Waals surface area contributed by atoms with Gasteiger partial charge in [-0.1, -0.05) is 11.6 Å². The summed E-state index contributed by atoms with van der Waals surface area (Å²) in [5, 5.41) is 0.462. The number of rotatable bonds is 5. The van der Waals surface area contributed by atoms with E-state index in [1.54, 1.807) is 31.2 Å². The number of esters is 1. The fourth-order valence-corrected chi connectivity index (χ4v) is 3.93. The lowest BCUT2D eigenvalue weighted by atomic mass is 10.1. The number of hydrogen-bond donors (Lipinski definition) is 0. The van der Waals surface area contributed by atoms with E-state index in [1.165, 1.54) is 31.4 Å². The molecule has 1 heterocycles. The lowest BCUT2D eigenvalue weighted by Gasteiger charge is -2.03. The average Bonchev–Trinajstić information content (AvgIpc) is 3.01. The summed E-state index contributed by atoms with van der Waals surface area (Å²) in [6.45, 7) is 1.66. The van der Waals surface area contributed by atoms with E-state index < -0.39 is 15.8 Å². The highest BCUT2D eigenvalue weighted by molar-refractivity contribution is 7.90. The zero-order valence-corrected chi connectivity index (χ0v) is 16.2. The molecule has 0 radical (unpaired) electrons. The van der Waals surface area contributed by atoms with Crippen LogP contribution in [0.15, 0.2) is 57.8 Å². The van der Waals surface area contributed by atoms with E-state index in [0.29, 0.717) is 27.6 Å².